The molecule has 0 spiro atoms. The molecule has 3 aliphatic heterocycles. The number of nitrogens with one attached hydrogen (secondary N) is 6. The van der Waals surface area contributed by atoms with E-state index in [9.17, 15) is 28.8 Å². The maximum Gasteiger partial charge on any atom is 0.339 e. The molecule has 0 radical (unpaired) electrons. The zero-order chi connectivity index (χ0) is 41.0. The van der Waals surface area contributed by atoms with Gasteiger partial charge in [-0.3, -0.25) is 24.0 Å². The van der Waals surface area contributed by atoms with E-state index < -0.39 is 17.8 Å². The molecule has 1 saturated heterocycles. The first-order valence-corrected chi connectivity index (χ1v) is 18.0. The van der Waals surface area contributed by atoms with Gasteiger partial charge in [0, 0.05) is 38.6 Å². The first-order valence-electron chi connectivity index (χ1n) is 18.0. The van der Waals surface area contributed by atoms with Gasteiger partial charge in [0.05, 0.1) is 41.2 Å². The fourth-order valence-corrected chi connectivity index (χ4v) is 6.50. The van der Waals surface area contributed by atoms with Crippen molar-refractivity contribution in [2.24, 2.45) is 0 Å². The van der Waals surface area contributed by atoms with Gasteiger partial charge in [0.25, 0.3) is 29.5 Å². The van der Waals surface area contributed by atoms with E-state index in [0.717, 1.165) is 17.5 Å². The highest BCUT2D eigenvalue weighted by molar-refractivity contribution is 6.11. The second-order valence-corrected chi connectivity index (χ2v) is 13.2. The van der Waals surface area contributed by atoms with Crippen molar-refractivity contribution in [3.63, 3.8) is 0 Å². The molecule has 1 fully saturated rings. The minimum Gasteiger partial charge on any atom is -0.482 e. The average molecular weight is 804 g/mol. The molecule has 9 rings (SSSR count). The highest BCUT2D eigenvalue weighted by atomic mass is 16.5. The summed E-state index contributed by atoms with van der Waals surface area (Å²) in [5.41, 5.74) is 4.38. The number of morpholine rings is 1. The molecule has 6 aromatic rings. The fourth-order valence-electron chi connectivity index (χ4n) is 6.50. The van der Waals surface area contributed by atoms with Crippen molar-refractivity contribution in [3.8, 4) is 11.5 Å². The number of aromatic carboxylic acids is 1. The Hall–Kier alpha value is -7.94. The summed E-state index contributed by atoms with van der Waals surface area (Å²) in [5.74, 6) is -1.53. The molecule has 21 nitrogen and oxygen atoms in total. The molecule has 7 heterocycles. The molecule has 0 atom stereocenters. The zero-order valence-electron chi connectivity index (χ0n) is 30.8. The predicted octanol–water partition coefficient (Wildman–Crippen LogP) is 1.61. The Kier molecular flexibility index (Phi) is 10.5. The number of amides is 5. The molecule has 0 aliphatic carbocycles. The van der Waals surface area contributed by atoms with Gasteiger partial charge in [-0.25, -0.2) is 24.7 Å². The lowest BCUT2D eigenvalue weighted by molar-refractivity contribution is -0.119. The molecule has 0 bridgehead atoms. The number of rotatable bonds is 8. The van der Waals surface area contributed by atoms with E-state index in [1.807, 2.05) is 0 Å². The van der Waals surface area contributed by atoms with Crippen LogP contribution in [0.15, 0.2) is 61.4 Å². The van der Waals surface area contributed by atoms with E-state index in [2.05, 4.69) is 51.2 Å². The smallest absolute Gasteiger partial charge is 0.339 e. The quantitative estimate of drug-likeness (QED) is 0.115. The molecule has 0 unspecified atom stereocenters. The van der Waals surface area contributed by atoms with Crippen LogP contribution in [0.4, 0.5) is 11.4 Å². The van der Waals surface area contributed by atoms with Crippen molar-refractivity contribution in [2.45, 2.75) is 13.1 Å². The number of carboxylic acid groups (broad SMARTS) is 1. The first kappa shape index (κ1) is 38.0. The number of ether oxygens (including phenoxy) is 3. The lowest BCUT2D eigenvalue weighted by Gasteiger charge is -2.26. The Balaban J connectivity index is 0.000000167. The molecular formula is C38H33N11O10. The topological polar surface area (TPSA) is 285 Å². The molecule has 7 N–H and O–H groups in total. The second kappa shape index (κ2) is 16.3. The standard InChI is InChI=1S/C21H20N6O5.C17H13N5O5/c28-16-10-32-15-2-1-12(7-14(15)26-16)8-23-20(29)19-18-17(24-11-25-19)13(9-22-18)21(30)27-3-5-31-6-4-27;23-12-6-27-11-2-1-8(3-10(11)22-12)4-19-16(24)15-14-13(20-7-21-15)9(5-18-14)17(25)26/h1-2,7,9,11,22H,3-6,8,10H2,(H,23,29)(H,26,28);1-3,5,7,18H,4,6H2,(H,19,24)(H,22,23)(H,25,26). The van der Waals surface area contributed by atoms with Crippen LogP contribution in [-0.4, -0.2) is 115 Å². The maximum absolute atomic E-state index is 12.9. The SMILES string of the molecule is O=C1COc2ccc(CNC(=O)c3ncnc4c(C(=O)N5CCOCC5)c[nH]c34)cc2N1.O=C1COc2ccc(CNC(=O)c3ncnc4c(C(=O)O)c[nH]c34)cc2N1. The van der Waals surface area contributed by atoms with Crippen LogP contribution in [0.25, 0.3) is 22.1 Å². The highest BCUT2D eigenvalue weighted by Gasteiger charge is 2.25. The zero-order valence-corrected chi connectivity index (χ0v) is 30.8. The number of carbonyl (C=O) groups excluding carboxylic acids is 5. The van der Waals surface area contributed by atoms with E-state index in [1.54, 1.807) is 47.5 Å². The number of H-pyrrole nitrogens is 2. The largest absolute Gasteiger partial charge is 0.482 e. The third kappa shape index (κ3) is 8.02. The van der Waals surface area contributed by atoms with Crippen LogP contribution in [0.2, 0.25) is 0 Å². The summed E-state index contributed by atoms with van der Waals surface area (Å²) in [6.07, 6.45) is 5.24. The molecule has 300 valence electrons. The number of anilines is 2. The number of carbonyl (C=O) groups is 6. The minimum absolute atomic E-state index is 0.0149. The second-order valence-electron chi connectivity index (χ2n) is 13.2. The van der Waals surface area contributed by atoms with Gasteiger partial charge in [-0.2, -0.15) is 0 Å². The maximum atomic E-state index is 12.9. The summed E-state index contributed by atoms with van der Waals surface area (Å²) in [7, 11) is 0. The fraction of sp³-hybridized carbons (Fsp3) is 0.211. The number of carboxylic acids is 1. The number of hydrogen-bond donors (Lipinski definition) is 7. The van der Waals surface area contributed by atoms with E-state index in [4.69, 9.17) is 19.3 Å². The van der Waals surface area contributed by atoms with Crippen LogP contribution in [0.1, 0.15) is 52.8 Å². The Morgan fingerprint density at radius 2 is 1.19 bits per heavy atom. The van der Waals surface area contributed by atoms with Gasteiger partial charge in [-0.05, 0) is 35.4 Å². The number of fused-ring (bicyclic) bond motifs is 4. The average Bonchev–Trinajstić information content (AvgIpc) is 3.90. The van der Waals surface area contributed by atoms with Crippen molar-refractivity contribution >= 4 is 68.9 Å². The molecular weight excluding hydrogens is 770 g/mol. The third-order valence-electron chi connectivity index (χ3n) is 9.38. The number of benzene rings is 2. The van der Waals surface area contributed by atoms with Crippen molar-refractivity contribution < 1.29 is 48.1 Å². The van der Waals surface area contributed by atoms with Crippen LogP contribution in [-0.2, 0) is 27.4 Å². The molecule has 3 aliphatic rings. The van der Waals surface area contributed by atoms with Gasteiger partial charge >= 0.3 is 5.97 Å². The van der Waals surface area contributed by atoms with Gasteiger partial charge in [-0.1, -0.05) is 12.1 Å². The van der Waals surface area contributed by atoms with Gasteiger partial charge < -0.3 is 55.5 Å². The van der Waals surface area contributed by atoms with E-state index in [1.165, 1.54) is 12.5 Å². The minimum atomic E-state index is -1.15. The van der Waals surface area contributed by atoms with Gasteiger partial charge in [-0.15, -0.1) is 0 Å². The number of hydrogen-bond acceptors (Lipinski definition) is 13. The normalized spacial score (nSPS) is 14.3. The van der Waals surface area contributed by atoms with Crippen LogP contribution in [0.5, 0.6) is 11.5 Å². The molecule has 21 heteroatoms. The molecule has 0 saturated carbocycles. The third-order valence-corrected chi connectivity index (χ3v) is 9.38. The Morgan fingerprint density at radius 1 is 0.695 bits per heavy atom. The van der Waals surface area contributed by atoms with E-state index >= 15 is 0 Å². The number of aromatic nitrogens is 6. The van der Waals surface area contributed by atoms with E-state index in [0.29, 0.717) is 65.8 Å². The van der Waals surface area contributed by atoms with Crippen molar-refractivity contribution in [3.05, 3.63) is 95.1 Å². The van der Waals surface area contributed by atoms with E-state index in [-0.39, 0.29) is 72.0 Å². The van der Waals surface area contributed by atoms with Crippen LogP contribution < -0.4 is 30.7 Å². The molecule has 4 aromatic heterocycles. The molecule has 59 heavy (non-hydrogen) atoms. The van der Waals surface area contributed by atoms with Crippen molar-refractivity contribution in [1.82, 2.24) is 45.4 Å². The summed E-state index contributed by atoms with van der Waals surface area (Å²) in [5, 5.41) is 20.1. The van der Waals surface area contributed by atoms with Crippen LogP contribution in [0, 0.1) is 0 Å². The summed E-state index contributed by atoms with van der Waals surface area (Å²) in [6.45, 7) is 2.37. The summed E-state index contributed by atoms with van der Waals surface area (Å²) in [4.78, 5) is 95.9. The highest BCUT2D eigenvalue weighted by Crippen LogP contribution is 2.30. The van der Waals surface area contributed by atoms with Crippen LogP contribution in [0.3, 0.4) is 0 Å². The van der Waals surface area contributed by atoms with Gasteiger partial charge in [0.1, 0.15) is 40.8 Å². The monoisotopic (exact) mass is 803 g/mol. The summed E-state index contributed by atoms with van der Waals surface area (Å²) >= 11 is 0. The lowest BCUT2D eigenvalue weighted by Crippen LogP contribution is -2.40. The first-order chi connectivity index (χ1) is 28.6. The Labute approximate surface area is 331 Å². The Bertz CT molecular complexity index is 2670. The molecule has 5 amide bonds. The summed E-state index contributed by atoms with van der Waals surface area (Å²) < 4.78 is 15.9. The van der Waals surface area contributed by atoms with Crippen molar-refractivity contribution in [1.29, 1.82) is 0 Å². The summed E-state index contributed by atoms with van der Waals surface area (Å²) in [6, 6.07) is 10.5. The molecule has 2 aromatic carbocycles. The van der Waals surface area contributed by atoms with Crippen molar-refractivity contribution in [2.75, 3.05) is 50.2 Å². The lowest BCUT2D eigenvalue weighted by atomic mass is 10.1. The van der Waals surface area contributed by atoms with Gasteiger partial charge in [0.2, 0.25) is 0 Å². The Morgan fingerprint density at radius 3 is 1.69 bits per heavy atom. The predicted molar refractivity (Wildman–Crippen MR) is 205 cm³/mol. The van der Waals surface area contributed by atoms with Crippen LogP contribution >= 0.6 is 0 Å². The number of nitrogens with zero attached hydrogens (tertiary/aromatic N) is 5. The number of aromatic amines is 2. The van der Waals surface area contributed by atoms with Gasteiger partial charge in [0.15, 0.2) is 24.6 Å².